The van der Waals surface area contributed by atoms with Crippen LogP contribution in [-0.2, 0) is 16.1 Å². The van der Waals surface area contributed by atoms with Gasteiger partial charge < -0.3 is 25.8 Å². The molecule has 1 aromatic carbocycles. The number of hydrogen-bond acceptors (Lipinski definition) is 7. The summed E-state index contributed by atoms with van der Waals surface area (Å²) in [7, 11) is 0. The van der Waals surface area contributed by atoms with Gasteiger partial charge in [0.2, 0.25) is 0 Å². The topological polar surface area (TPSA) is 125 Å². The molecule has 5 rings (SSSR count). The number of carbonyl (C=O) groups excluding carboxylic acids is 2. The summed E-state index contributed by atoms with van der Waals surface area (Å²) in [5.74, 6) is -0.0145. The summed E-state index contributed by atoms with van der Waals surface area (Å²) in [6.45, 7) is 2.42. The SMILES string of the molecule is Cc1ccc2cccc(NC(=O)C3(O)CCC(NCc4cc5c(cn4)OCC(=O)N5)CC3)c2n1. The standard InChI is InChI=1S/C25H27N5O4/c1-15-5-6-16-3-2-4-19(23(16)28-15)30-24(32)25(33)9-7-17(8-10-25)26-12-18-11-20-21(13-27-18)34-14-22(31)29-20/h2-6,11,13,17,26,33H,7-10,12,14H2,1H3,(H,29,31)(H,30,32). The number of benzene rings is 1. The lowest BCUT2D eigenvalue weighted by atomic mass is 9.81. The molecule has 2 aromatic heterocycles. The second kappa shape index (κ2) is 9.00. The highest BCUT2D eigenvalue weighted by atomic mass is 16.5. The van der Waals surface area contributed by atoms with Crippen LogP contribution in [0, 0.1) is 6.92 Å². The number of ether oxygens (including phenoxy) is 1. The van der Waals surface area contributed by atoms with E-state index < -0.39 is 11.5 Å². The normalized spacial score (nSPS) is 21.9. The molecule has 9 heteroatoms. The van der Waals surface area contributed by atoms with Crippen molar-refractivity contribution in [1.82, 2.24) is 15.3 Å². The molecule has 0 atom stereocenters. The summed E-state index contributed by atoms with van der Waals surface area (Å²) < 4.78 is 5.34. The lowest BCUT2D eigenvalue weighted by Gasteiger charge is -2.35. The molecule has 9 nitrogen and oxygen atoms in total. The van der Waals surface area contributed by atoms with Gasteiger partial charge in [-0.25, -0.2) is 0 Å². The number of anilines is 2. The van der Waals surface area contributed by atoms with E-state index >= 15 is 0 Å². The van der Waals surface area contributed by atoms with Crippen LogP contribution in [0.4, 0.5) is 11.4 Å². The van der Waals surface area contributed by atoms with Crippen LogP contribution in [0.25, 0.3) is 10.9 Å². The summed E-state index contributed by atoms with van der Waals surface area (Å²) in [6.07, 6.45) is 3.63. The Labute approximate surface area is 196 Å². The maximum Gasteiger partial charge on any atom is 0.262 e. The number of fused-ring (bicyclic) bond motifs is 2. The Balaban J connectivity index is 1.18. The van der Waals surface area contributed by atoms with Gasteiger partial charge in [0.05, 0.1) is 28.8 Å². The largest absolute Gasteiger partial charge is 0.480 e. The predicted molar refractivity (Wildman–Crippen MR) is 128 cm³/mol. The molecule has 4 N–H and O–H groups in total. The summed E-state index contributed by atoms with van der Waals surface area (Å²) in [5, 5.41) is 21.1. The van der Waals surface area contributed by atoms with Gasteiger partial charge in [0.25, 0.3) is 11.8 Å². The highest BCUT2D eigenvalue weighted by Gasteiger charge is 2.40. The third-order valence-corrected chi connectivity index (χ3v) is 6.47. The summed E-state index contributed by atoms with van der Waals surface area (Å²) >= 11 is 0. The second-order valence-corrected chi connectivity index (χ2v) is 8.98. The molecule has 1 saturated carbocycles. The van der Waals surface area contributed by atoms with Crippen LogP contribution in [0.3, 0.4) is 0 Å². The molecule has 176 valence electrons. The molecule has 0 radical (unpaired) electrons. The number of rotatable bonds is 5. The van der Waals surface area contributed by atoms with Crippen molar-refractivity contribution < 1.29 is 19.4 Å². The van der Waals surface area contributed by atoms with E-state index in [9.17, 15) is 14.7 Å². The molecule has 0 bridgehead atoms. The molecular weight excluding hydrogens is 434 g/mol. The second-order valence-electron chi connectivity index (χ2n) is 8.98. The van der Waals surface area contributed by atoms with Gasteiger partial charge in [-0.2, -0.15) is 0 Å². The monoisotopic (exact) mass is 461 g/mol. The van der Waals surface area contributed by atoms with E-state index in [0.29, 0.717) is 54.9 Å². The number of hydrogen-bond donors (Lipinski definition) is 4. The molecule has 1 fully saturated rings. The average Bonchev–Trinajstić information content (AvgIpc) is 2.84. The van der Waals surface area contributed by atoms with E-state index in [1.54, 1.807) is 12.3 Å². The number of aryl methyl sites for hydroxylation is 1. The lowest BCUT2D eigenvalue weighted by Crippen LogP contribution is -2.48. The zero-order valence-electron chi connectivity index (χ0n) is 18.9. The molecule has 0 spiro atoms. The fraction of sp³-hybridized carbons (Fsp3) is 0.360. The summed E-state index contributed by atoms with van der Waals surface area (Å²) in [6, 6.07) is 11.5. The van der Waals surface area contributed by atoms with Crippen molar-refractivity contribution in [3.8, 4) is 5.75 Å². The molecule has 2 amide bonds. The minimum absolute atomic E-state index is 0.00148. The van der Waals surface area contributed by atoms with Crippen LogP contribution >= 0.6 is 0 Å². The minimum Gasteiger partial charge on any atom is -0.480 e. The quantitative estimate of drug-likeness (QED) is 0.460. The number of pyridine rings is 2. The molecule has 1 aliphatic carbocycles. The van der Waals surface area contributed by atoms with E-state index in [-0.39, 0.29) is 18.6 Å². The van der Waals surface area contributed by atoms with E-state index in [1.807, 2.05) is 37.3 Å². The van der Waals surface area contributed by atoms with Crippen molar-refractivity contribution in [3.05, 3.63) is 54.0 Å². The van der Waals surface area contributed by atoms with Gasteiger partial charge in [-0.05, 0) is 50.8 Å². The van der Waals surface area contributed by atoms with E-state index in [1.165, 1.54) is 0 Å². The van der Waals surface area contributed by atoms with Gasteiger partial charge in [-0.3, -0.25) is 19.6 Å². The van der Waals surface area contributed by atoms with Crippen molar-refractivity contribution in [2.45, 2.75) is 50.8 Å². The first-order valence-corrected chi connectivity index (χ1v) is 11.4. The maximum absolute atomic E-state index is 13.0. The first-order chi connectivity index (χ1) is 16.4. The number of aromatic nitrogens is 2. The van der Waals surface area contributed by atoms with Gasteiger partial charge in [-0.15, -0.1) is 0 Å². The Morgan fingerprint density at radius 3 is 2.91 bits per heavy atom. The van der Waals surface area contributed by atoms with Crippen molar-refractivity contribution >= 4 is 34.1 Å². The fourth-order valence-electron chi connectivity index (χ4n) is 4.48. The first-order valence-electron chi connectivity index (χ1n) is 11.4. The number of aliphatic hydroxyl groups is 1. The Morgan fingerprint density at radius 2 is 2.09 bits per heavy atom. The average molecular weight is 462 g/mol. The third kappa shape index (κ3) is 4.57. The number of carbonyl (C=O) groups is 2. The summed E-state index contributed by atoms with van der Waals surface area (Å²) in [5.41, 5.74) is 2.17. The van der Waals surface area contributed by atoms with Crippen LogP contribution in [0.5, 0.6) is 5.75 Å². The number of nitrogens with one attached hydrogen (secondary N) is 3. The lowest BCUT2D eigenvalue weighted by molar-refractivity contribution is -0.137. The zero-order chi connectivity index (χ0) is 23.7. The molecule has 2 aliphatic rings. The number of amides is 2. The first kappa shape index (κ1) is 22.2. The van der Waals surface area contributed by atoms with E-state index in [4.69, 9.17) is 4.74 Å². The third-order valence-electron chi connectivity index (χ3n) is 6.47. The van der Waals surface area contributed by atoms with Gasteiger partial charge in [0, 0.05) is 23.7 Å². The van der Waals surface area contributed by atoms with E-state index in [0.717, 1.165) is 16.8 Å². The molecule has 3 aromatic rings. The Bertz CT molecular complexity index is 1250. The molecular formula is C25H27N5O4. The van der Waals surface area contributed by atoms with Crippen molar-refractivity contribution in [2.24, 2.45) is 0 Å². The Kier molecular flexibility index (Phi) is 5.89. The van der Waals surface area contributed by atoms with Gasteiger partial charge in [0.15, 0.2) is 12.4 Å². The smallest absolute Gasteiger partial charge is 0.262 e. The molecule has 0 unspecified atom stereocenters. The summed E-state index contributed by atoms with van der Waals surface area (Å²) in [4.78, 5) is 33.4. The number of para-hydroxylation sites is 1. The maximum atomic E-state index is 13.0. The zero-order valence-corrected chi connectivity index (χ0v) is 18.9. The predicted octanol–water partition coefficient (Wildman–Crippen LogP) is 2.67. The highest BCUT2D eigenvalue weighted by Crippen LogP contribution is 2.32. The van der Waals surface area contributed by atoms with Crippen LogP contribution in [0.2, 0.25) is 0 Å². The van der Waals surface area contributed by atoms with Crippen LogP contribution < -0.4 is 20.7 Å². The molecule has 34 heavy (non-hydrogen) atoms. The Morgan fingerprint density at radius 1 is 1.26 bits per heavy atom. The highest BCUT2D eigenvalue weighted by molar-refractivity contribution is 6.03. The van der Waals surface area contributed by atoms with Gasteiger partial charge in [-0.1, -0.05) is 18.2 Å². The number of nitrogens with zero attached hydrogens (tertiary/aromatic N) is 2. The van der Waals surface area contributed by atoms with Crippen molar-refractivity contribution in [2.75, 3.05) is 17.2 Å². The van der Waals surface area contributed by atoms with Crippen LogP contribution in [0.1, 0.15) is 37.1 Å². The van der Waals surface area contributed by atoms with Crippen molar-refractivity contribution in [3.63, 3.8) is 0 Å². The fourth-order valence-corrected chi connectivity index (χ4v) is 4.48. The van der Waals surface area contributed by atoms with E-state index in [2.05, 4.69) is 25.9 Å². The Hall–Kier alpha value is -3.56. The van der Waals surface area contributed by atoms with Gasteiger partial charge in [0.1, 0.15) is 5.60 Å². The minimum atomic E-state index is -1.42. The van der Waals surface area contributed by atoms with Crippen LogP contribution in [0.15, 0.2) is 42.6 Å². The molecule has 1 aliphatic heterocycles. The van der Waals surface area contributed by atoms with Crippen LogP contribution in [-0.4, -0.2) is 45.1 Å². The molecule has 3 heterocycles. The van der Waals surface area contributed by atoms with Gasteiger partial charge >= 0.3 is 0 Å². The van der Waals surface area contributed by atoms with Crippen molar-refractivity contribution in [1.29, 1.82) is 0 Å². The molecule has 0 saturated heterocycles.